The minimum absolute atomic E-state index is 0.750. The normalized spacial score (nSPS) is 7.00. The molecule has 1 nitrogen and oxygen atoms in total. The van der Waals surface area contributed by atoms with Crippen molar-refractivity contribution in [1.82, 2.24) is 5.32 Å². The monoisotopic (exact) mass is 130 g/mol. The molecule has 0 aromatic carbocycles. The van der Waals surface area contributed by atoms with Crippen LogP contribution in [0.3, 0.4) is 0 Å². The first-order valence-corrected chi connectivity index (χ1v) is 5.59. The van der Waals surface area contributed by atoms with E-state index in [1.54, 1.807) is 0 Å². The fourth-order valence-electron chi connectivity index (χ4n) is 0.250. The summed E-state index contributed by atoms with van der Waals surface area (Å²) in [5, 5.41) is 3.11. The van der Waals surface area contributed by atoms with Crippen LogP contribution in [0.1, 0.15) is 13.8 Å². The lowest BCUT2D eigenvalue weighted by atomic mass is 10.7. The molecule has 0 bridgehead atoms. The molecule has 0 aromatic rings. The van der Waals surface area contributed by atoms with Crippen LogP contribution in [-0.2, 0) is 0 Å². The van der Waals surface area contributed by atoms with Gasteiger partial charge in [0.2, 0.25) is 0 Å². The van der Waals surface area contributed by atoms with E-state index in [-0.39, 0.29) is 0 Å². The average molecular weight is 130 g/mol. The highest BCUT2D eigenvalue weighted by Gasteiger charge is 1.62. The highest BCUT2D eigenvalue weighted by molar-refractivity contribution is 6.31. The summed E-state index contributed by atoms with van der Waals surface area (Å²) in [6, 6.07) is 0. The van der Waals surface area contributed by atoms with E-state index in [9.17, 15) is 0 Å². The molecular weight excluding hydrogens is 113 g/mol. The largest absolute Gasteiger partial charge is 0.317 e. The maximum absolute atomic E-state index is 3.11. The van der Waals surface area contributed by atoms with Crippen molar-refractivity contribution in [1.29, 1.82) is 0 Å². The summed E-state index contributed by atoms with van der Waals surface area (Å²) in [4.78, 5) is 0. The lowest BCUT2D eigenvalue weighted by Crippen LogP contribution is -2.09. The molecule has 49 valence electrons. The zero-order valence-corrected chi connectivity index (χ0v) is 7.65. The second-order valence-corrected chi connectivity index (χ2v) is 2.69. The van der Waals surface area contributed by atoms with Crippen LogP contribution in [0.4, 0.5) is 0 Å². The van der Waals surface area contributed by atoms with Gasteiger partial charge in [0.1, 0.15) is 0 Å². The van der Waals surface area contributed by atoms with Gasteiger partial charge in [-0.3, -0.25) is 0 Å². The van der Waals surface area contributed by atoms with Crippen molar-refractivity contribution >= 4 is 15.2 Å². The molecule has 0 atom stereocenters. The third-order valence-corrected chi connectivity index (χ3v) is 0.500. The first-order valence-electron chi connectivity index (χ1n) is 3.28. The molecule has 1 radical (unpaired) electrons. The van der Waals surface area contributed by atoms with E-state index in [0.717, 1.165) is 28.3 Å². The highest BCUT2D eigenvalue weighted by Crippen LogP contribution is 1.47. The minimum Gasteiger partial charge on any atom is -0.317 e. The van der Waals surface area contributed by atoms with Gasteiger partial charge < -0.3 is 5.32 Å². The van der Waals surface area contributed by atoms with Crippen LogP contribution in [-0.4, -0.2) is 28.3 Å². The maximum Gasteiger partial charge on any atom is 0.191 e. The van der Waals surface area contributed by atoms with Crippen molar-refractivity contribution in [2.75, 3.05) is 13.1 Å². The fourth-order valence-corrected chi connectivity index (χ4v) is 0.250. The van der Waals surface area contributed by atoms with E-state index in [4.69, 9.17) is 0 Å². The molecule has 8 heavy (non-hydrogen) atoms. The van der Waals surface area contributed by atoms with Gasteiger partial charge in [-0.15, -0.1) is 11.6 Å². The van der Waals surface area contributed by atoms with Gasteiger partial charge in [-0.1, -0.05) is 13.8 Å². The SMILES string of the molecule is CCNCC.[CH3][Al][CH3]. The summed E-state index contributed by atoms with van der Waals surface area (Å²) in [6.45, 7) is 6.39. The van der Waals surface area contributed by atoms with Crippen molar-refractivity contribution in [3.8, 4) is 0 Å². The second kappa shape index (κ2) is 15.6. The molecule has 0 amide bonds. The Morgan fingerprint density at radius 1 is 1.12 bits per heavy atom. The van der Waals surface area contributed by atoms with Gasteiger partial charge in [0.15, 0.2) is 15.2 Å². The Labute approximate surface area is 59.6 Å². The molecule has 0 heterocycles. The molecule has 1 N–H and O–H groups in total. The van der Waals surface area contributed by atoms with Gasteiger partial charge >= 0.3 is 0 Å². The highest BCUT2D eigenvalue weighted by atomic mass is 27.1. The Bertz CT molecular complexity index is 22.5. The average Bonchev–Trinajstić information content (AvgIpc) is 1.71. The fraction of sp³-hybridized carbons (Fsp3) is 1.00. The maximum atomic E-state index is 3.11. The first-order chi connectivity index (χ1) is 3.83. The summed E-state index contributed by atoms with van der Waals surface area (Å²) < 4.78 is 0. The van der Waals surface area contributed by atoms with Crippen LogP contribution in [0.25, 0.3) is 0 Å². The molecule has 2 heteroatoms. The Morgan fingerprint density at radius 2 is 1.38 bits per heavy atom. The number of hydrogen-bond donors (Lipinski definition) is 1. The molecular formula is C6H17AlN. The summed E-state index contributed by atoms with van der Waals surface area (Å²) in [5.41, 5.74) is 0. The molecule has 0 aliphatic heterocycles. The van der Waals surface area contributed by atoms with Crippen molar-refractivity contribution in [2.24, 2.45) is 0 Å². The quantitative estimate of drug-likeness (QED) is 0.557. The molecule has 0 fully saturated rings. The Balaban J connectivity index is 0. The third-order valence-electron chi connectivity index (χ3n) is 0.500. The molecule has 0 saturated heterocycles. The van der Waals surface area contributed by atoms with Crippen molar-refractivity contribution in [3.63, 3.8) is 0 Å². The third kappa shape index (κ3) is 31.5. The van der Waals surface area contributed by atoms with Gasteiger partial charge in [-0.05, 0) is 13.1 Å². The van der Waals surface area contributed by atoms with Crippen LogP contribution >= 0.6 is 0 Å². The van der Waals surface area contributed by atoms with Gasteiger partial charge in [0.25, 0.3) is 0 Å². The van der Waals surface area contributed by atoms with Crippen molar-refractivity contribution in [2.45, 2.75) is 25.4 Å². The standard InChI is InChI=1S/C4H11N.2CH3.Al/c1-3-5-4-2;;;/h5H,3-4H2,1-2H3;2*1H3;. The van der Waals surface area contributed by atoms with Gasteiger partial charge in [0, 0.05) is 0 Å². The molecule has 0 aromatic heterocycles. The van der Waals surface area contributed by atoms with E-state index < -0.39 is 0 Å². The molecule has 0 spiro atoms. The second-order valence-electron chi connectivity index (χ2n) is 1.53. The van der Waals surface area contributed by atoms with E-state index in [2.05, 4.69) is 30.7 Å². The summed E-state index contributed by atoms with van der Waals surface area (Å²) in [6.07, 6.45) is 0. The van der Waals surface area contributed by atoms with E-state index in [1.165, 1.54) is 0 Å². The number of hydrogen-bond acceptors (Lipinski definition) is 1. The van der Waals surface area contributed by atoms with Crippen LogP contribution in [0.15, 0.2) is 0 Å². The van der Waals surface area contributed by atoms with Crippen LogP contribution in [0, 0.1) is 0 Å². The molecule has 0 rings (SSSR count). The van der Waals surface area contributed by atoms with E-state index >= 15 is 0 Å². The Morgan fingerprint density at radius 3 is 1.38 bits per heavy atom. The topological polar surface area (TPSA) is 12.0 Å². The smallest absolute Gasteiger partial charge is 0.191 e. The van der Waals surface area contributed by atoms with E-state index in [1.807, 2.05) is 0 Å². The zero-order valence-electron chi connectivity index (χ0n) is 6.49. The van der Waals surface area contributed by atoms with Gasteiger partial charge in [0.05, 0.1) is 0 Å². The number of rotatable bonds is 2. The molecule has 0 saturated carbocycles. The Hall–Kier alpha value is 0.492. The van der Waals surface area contributed by atoms with Crippen LogP contribution in [0.5, 0.6) is 0 Å². The van der Waals surface area contributed by atoms with Gasteiger partial charge in [-0.25, -0.2) is 0 Å². The van der Waals surface area contributed by atoms with Gasteiger partial charge in [-0.2, -0.15) is 0 Å². The zero-order chi connectivity index (χ0) is 6.83. The van der Waals surface area contributed by atoms with E-state index in [0.29, 0.717) is 0 Å². The molecule has 0 aliphatic carbocycles. The predicted octanol–water partition coefficient (Wildman–Crippen LogP) is 1.40. The summed E-state index contributed by atoms with van der Waals surface area (Å²) in [5.74, 6) is 4.42. The molecule has 0 aliphatic rings. The predicted molar refractivity (Wildman–Crippen MR) is 41.7 cm³/mol. The lowest BCUT2D eigenvalue weighted by Gasteiger charge is -1.86. The van der Waals surface area contributed by atoms with Crippen molar-refractivity contribution < 1.29 is 0 Å². The first kappa shape index (κ1) is 11.3. The minimum atomic E-state index is 0.750. The van der Waals surface area contributed by atoms with Crippen molar-refractivity contribution in [3.05, 3.63) is 0 Å². The summed E-state index contributed by atoms with van der Waals surface area (Å²) >= 11 is 0.750. The lowest BCUT2D eigenvalue weighted by molar-refractivity contribution is 0.762. The molecule has 0 unspecified atom stereocenters. The summed E-state index contributed by atoms with van der Waals surface area (Å²) in [7, 11) is 0. The van der Waals surface area contributed by atoms with Crippen LogP contribution in [0.2, 0.25) is 11.6 Å². The number of nitrogens with one attached hydrogen (secondary N) is 1. The van der Waals surface area contributed by atoms with Crippen LogP contribution < -0.4 is 5.32 Å². The Kier molecular flexibility index (Phi) is 22.1.